The molecule has 0 bridgehead atoms. The zero-order valence-electron chi connectivity index (χ0n) is 14.8. The molecule has 0 amide bonds. The maximum Gasteiger partial charge on any atom is 0.194 e. The number of rotatable bonds is 4. The fourth-order valence-corrected chi connectivity index (χ4v) is 3.10. The monoisotopic (exact) mass is 349 g/mol. The predicted molar refractivity (Wildman–Crippen MR) is 94.3 cm³/mol. The minimum Gasteiger partial charge on any atom is -0.459 e. The minimum atomic E-state index is -0.260. The van der Waals surface area contributed by atoms with E-state index in [-0.39, 0.29) is 11.9 Å². The summed E-state index contributed by atoms with van der Waals surface area (Å²) in [6.45, 7) is 5.11. The molecule has 136 valence electrons. The molecular weight excluding hydrogens is 325 g/mol. The minimum absolute atomic E-state index is 0.0354. The predicted octanol–water partition coefficient (Wildman–Crippen LogP) is 2.30. The first-order valence-corrected chi connectivity index (χ1v) is 8.36. The summed E-state index contributed by atoms with van der Waals surface area (Å²) in [5, 5.41) is 4.13. The first-order valence-electron chi connectivity index (χ1n) is 8.36. The van der Waals surface area contributed by atoms with E-state index in [1.54, 1.807) is 20.2 Å². The lowest BCUT2D eigenvalue weighted by Crippen LogP contribution is -2.51. The Morgan fingerprint density at radius 2 is 2.32 bits per heavy atom. The molecule has 3 rings (SSSR count). The zero-order chi connectivity index (χ0) is 17.8. The topological polar surface area (TPSA) is 59.2 Å². The first kappa shape index (κ1) is 17.7. The molecule has 0 aliphatic carbocycles. The lowest BCUT2D eigenvalue weighted by molar-refractivity contribution is -0.0447. The molecule has 1 aromatic heterocycles. The van der Waals surface area contributed by atoms with Crippen molar-refractivity contribution < 1.29 is 18.3 Å². The summed E-state index contributed by atoms with van der Waals surface area (Å²) >= 11 is 0. The Labute approximate surface area is 146 Å². The van der Waals surface area contributed by atoms with Gasteiger partial charge in [-0.05, 0) is 25.1 Å². The van der Waals surface area contributed by atoms with Crippen molar-refractivity contribution in [3.8, 4) is 0 Å². The SMILES string of the molecule is CN=C(NCc1oc2ccc(F)cc2c1C)N1CCOC(COC)C1. The summed E-state index contributed by atoms with van der Waals surface area (Å²) in [6.07, 6.45) is 0.0354. The third kappa shape index (κ3) is 3.93. The molecule has 2 heterocycles. The van der Waals surface area contributed by atoms with E-state index in [1.807, 2.05) is 6.92 Å². The Kier molecular flexibility index (Phi) is 5.55. The number of ether oxygens (including phenoxy) is 2. The van der Waals surface area contributed by atoms with E-state index < -0.39 is 0 Å². The van der Waals surface area contributed by atoms with Gasteiger partial charge >= 0.3 is 0 Å². The van der Waals surface area contributed by atoms with Gasteiger partial charge in [-0.3, -0.25) is 4.99 Å². The number of halogens is 1. The first-order chi connectivity index (χ1) is 12.1. The summed E-state index contributed by atoms with van der Waals surface area (Å²) in [7, 11) is 3.42. The van der Waals surface area contributed by atoms with Crippen LogP contribution in [-0.4, -0.2) is 57.4 Å². The van der Waals surface area contributed by atoms with E-state index in [9.17, 15) is 4.39 Å². The zero-order valence-corrected chi connectivity index (χ0v) is 14.8. The quantitative estimate of drug-likeness (QED) is 0.678. The van der Waals surface area contributed by atoms with Crippen LogP contribution in [0.5, 0.6) is 0 Å². The molecule has 1 fully saturated rings. The molecule has 0 saturated carbocycles. The van der Waals surface area contributed by atoms with Crippen LogP contribution in [0.1, 0.15) is 11.3 Å². The van der Waals surface area contributed by atoms with Crippen molar-refractivity contribution >= 4 is 16.9 Å². The van der Waals surface area contributed by atoms with E-state index >= 15 is 0 Å². The number of furan rings is 1. The van der Waals surface area contributed by atoms with Gasteiger partial charge < -0.3 is 24.1 Å². The second-order valence-electron chi connectivity index (χ2n) is 6.09. The molecule has 0 radical (unpaired) electrons. The molecule has 1 N–H and O–H groups in total. The number of nitrogens with zero attached hydrogens (tertiary/aromatic N) is 2. The van der Waals surface area contributed by atoms with Gasteiger partial charge in [-0.25, -0.2) is 4.39 Å². The number of hydrogen-bond donors (Lipinski definition) is 1. The van der Waals surface area contributed by atoms with Crippen LogP contribution in [0, 0.1) is 12.7 Å². The Hall–Kier alpha value is -2.12. The highest BCUT2D eigenvalue weighted by Gasteiger charge is 2.23. The fraction of sp³-hybridized carbons (Fsp3) is 0.500. The van der Waals surface area contributed by atoms with Crippen LogP contribution in [0.2, 0.25) is 0 Å². The van der Waals surface area contributed by atoms with Gasteiger partial charge in [0.15, 0.2) is 5.96 Å². The van der Waals surface area contributed by atoms with Crippen LogP contribution in [-0.2, 0) is 16.0 Å². The van der Waals surface area contributed by atoms with Gasteiger partial charge in [-0.2, -0.15) is 0 Å². The summed E-state index contributed by atoms with van der Waals surface area (Å²) in [6, 6.07) is 4.57. The number of hydrogen-bond acceptors (Lipinski definition) is 4. The Bertz CT molecular complexity index is 757. The molecule has 1 aromatic carbocycles. The number of aliphatic imine (C=N–C) groups is 1. The van der Waals surface area contributed by atoms with Crippen molar-refractivity contribution in [2.75, 3.05) is 40.5 Å². The smallest absolute Gasteiger partial charge is 0.194 e. The van der Waals surface area contributed by atoms with Crippen molar-refractivity contribution in [2.24, 2.45) is 4.99 Å². The number of methoxy groups -OCH3 is 1. The van der Waals surface area contributed by atoms with E-state index in [0.717, 1.165) is 35.8 Å². The van der Waals surface area contributed by atoms with Crippen molar-refractivity contribution in [3.05, 3.63) is 35.3 Å². The van der Waals surface area contributed by atoms with Gasteiger partial charge in [0.05, 0.1) is 25.9 Å². The maximum absolute atomic E-state index is 13.4. The second-order valence-corrected chi connectivity index (χ2v) is 6.09. The largest absolute Gasteiger partial charge is 0.459 e. The van der Waals surface area contributed by atoms with Gasteiger partial charge in [0.1, 0.15) is 17.2 Å². The van der Waals surface area contributed by atoms with Crippen LogP contribution >= 0.6 is 0 Å². The third-order valence-corrected chi connectivity index (χ3v) is 4.41. The average Bonchev–Trinajstić information content (AvgIpc) is 2.92. The molecular formula is C18H24FN3O3. The number of fused-ring (bicyclic) bond motifs is 1. The molecule has 1 aliphatic heterocycles. The van der Waals surface area contributed by atoms with Crippen LogP contribution in [0.4, 0.5) is 4.39 Å². The van der Waals surface area contributed by atoms with Gasteiger partial charge in [0.25, 0.3) is 0 Å². The lowest BCUT2D eigenvalue weighted by Gasteiger charge is -2.34. The number of morpholine rings is 1. The highest BCUT2D eigenvalue weighted by atomic mass is 19.1. The highest BCUT2D eigenvalue weighted by Crippen LogP contribution is 2.25. The van der Waals surface area contributed by atoms with Gasteiger partial charge in [0, 0.05) is 38.2 Å². The number of guanidine groups is 1. The van der Waals surface area contributed by atoms with Crippen LogP contribution in [0.3, 0.4) is 0 Å². The molecule has 1 saturated heterocycles. The van der Waals surface area contributed by atoms with Crippen LogP contribution in [0.25, 0.3) is 11.0 Å². The molecule has 25 heavy (non-hydrogen) atoms. The molecule has 6 nitrogen and oxygen atoms in total. The van der Waals surface area contributed by atoms with Crippen molar-refractivity contribution in [3.63, 3.8) is 0 Å². The van der Waals surface area contributed by atoms with Gasteiger partial charge in [-0.15, -0.1) is 0 Å². The normalized spacial score (nSPS) is 18.8. The molecule has 1 unspecified atom stereocenters. The third-order valence-electron chi connectivity index (χ3n) is 4.41. The number of aryl methyl sites for hydroxylation is 1. The van der Waals surface area contributed by atoms with E-state index in [1.165, 1.54) is 12.1 Å². The van der Waals surface area contributed by atoms with Crippen molar-refractivity contribution in [1.29, 1.82) is 0 Å². The highest BCUT2D eigenvalue weighted by molar-refractivity contribution is 5.83. The van der Waals surface area contributed by atoms with Gasteiger partial charge in [-0.1, -0.05) is 0 Å². The maximum atomic E-state index is 13.4. The Balaban J connectivity index is 1.68. The van der Waals surface area contributed by atoms with Gasteiger partial charge in [0.2, 0.25) is 0 Å². The van der Waals surface area contributed by atoms with Crippen LogP contribution in [0.15, 0.2) is 27.6 Å². The summed E-state index contributed by atoms with van der Waals surface area (Å²) < 4.78 is 30.1. The molecule has 1 aliphatic rings. The van der Waals surface area contributed by atoms with Crippen molar-refractivity contribution in [2.45, 2.75) is 19.6 Å². The second kappa shape index (κ2) is 7.84. The van der Waals surface area contributed by atoms with E-state index in [2.05, 4.69) is 15.2 Å². The molecule has 2 aromatic rings. The summed E-state index contributed by atoms with van der Waals surface area (Å²) in [4.78, 5) is 6.50. The fourth-order valence-electron chi connectivity index (χ4n) is 3.10. The summed E-state index contributed by atoms with van der Waals surface area (Å²) in [5.41, 5.74) is 1.63. The summed E-state index contributed by atoms with van der Waals surface area (Å²) in [5.74, 6) is 1.31. The number of nitrogens with one attached hydrogen (secondary N) is 1. The van der Waals surface area contributed by atoms with E-state index in [4.69, 9.17) is 13.9 Å². The average molecular weight is 349 g/mol. The van der Waals surface area contributed by atoms with E-state index in [0.29, 0.717) is 25.3 Å². The molecule has 1 atom stereocenters. The number of benzene rings is 1. The van der Waals surface area contributed by atoms with Crippen LogP contribution < -0.4 is 5.32 Å². The molecule has 7 heteroatoms. The Morgan fingerprint density at radius 1 is 1.48 bits per heavy atom. The Morgan fingerprint density at radius 3 is 3.08 bits per heavy atom. The standard InChI is InChI=1S/C18H24FN3O3/c1-12-15-8-13(19)4-5-16(15)25-17(12)9-21-18(20-2)22-6-7-24-14(10-22)11-23-3/h4-5,8,14H,6-7,9-11H2,1-3H3,(H,20,21). The molecule has 0 spiro atoms. The van der Waals surface area contributed by atoms with Crippen molar-refractivity contribution in [1.82, 2.24) is 10.2 Å². The lowest BCUT2D eigenvalue weighted by atomic mass is 10.1.